The Morgan fingerprint density at radius 3 is 2.57 bits per heavy atom. The first-order chi connectivity index (χ1) is 16.5. The van der Waals surface area contributed by atoms with E-state index in [1.807, 2.05) is 25.1 Å². The Labute approximate surface area is 213 Å². The molecule has 0 saturated heterocycles. The Morgan fingerprint density at radius 2 is 1.94 bits per heavy atom. The van der Waals surface area contributed by atoms with Crippen LogP contribution in [0.4, 0.5) is 4.79 Å². The minimum Gasteiger partial charge on any atom is -0.435 e. The van der Waals surface area contributed by atoms with E-state index in [9.17, 15) is 19.5 Å². The molecule has 0 bridgehead atoms. The Kier molecular flexibility index (Phi) is 7.24. The molecule has 3 amide bonds. The van der Waals surface area contributed by atoms with Gasteiger partial charge in [-0.05, 0) is 89.3 Å². The molecule has 3 aliphatic rings. The molecule has 2 saturated carbocycles. The summed E-state index contributed by atoms with van der Waals surface area (Å²) in [6.45, 7) is 5.35. The fourth-order valence-electron chi connectivity index (χ4n) is 4.89. The zero-order chi connectivity index (χ0) is 25.4. The van der Waals surface area contributed by atoms with Crippen LogP contribution in [-0.4, -0.2) is 46.4 Å². The molecule has 1 aromatic carbocycles. The minimum atomic E-state index is -1.03. The standard InChI is InChI=1S/C25H33BrN4O5/c1-14(27-21(31)22(32)28-17-5-6-17)12-15-8-10-25(11-9-15)20(29-30-23(33)35-25)18-13-16(24(2,3)34)4-7-19(18)26/h4,7,13-15,17,34H,5-6,8-12H2,1-3H3,(H,27,31)(H,28,32)(H,30,33)/t14-,15?,25?/m0/s1. The number of ether oxygens (including phenoxy) is 1. The van der Waals surface area contributed by atoms with Crippen LogP contribution in [-0.2, 0) is 19.9 Å². The zero-order valence-electron chi connectivity index (χ0n) is 20.3. The maximum absolute atomic E-state index is 12.2. The molecule has 4 rings (SSSR count). The lowest BCUT2D eigenvalue weighted by atomic mass is 9.72. The number of halogens is 1. The number of carbonyl (C=O) groups is 3. The molecule has 1 spiro atoms. The largest absolute Gasteiger partial charge is 0.435 e. The summed E-state index contributed by atoms with van der Waals surface area (Å²) in [4.78, 5) is 36.2. The second-order valence-corrected chi connectivity index (χ2v) is 11.4. The molecule has 4 N–H and O–H groups in total. The normalized spacial score (nSPS) is 25.2. The quantitative estimate of drug-likeness (QED) is 0.405. The van der Waals surface area contributed by atoms with Crippen molar-refractivity contribution in [3.8, 4) is 0 Å². The molecule has 35 heavy (non-hydrogen) atoms. The molecule has 9 nitrogen and oxygen atoms in total. The molecule has 1 atom stereocenters. The zero-order valence-corrected chi connectivity index (χ0v) is 21.9. The smallest absolute Gasteiger partial charge is 0.428 e. The van der Waals surface area contributed by atoms with E-state index < -0.39 is 29.1 Å². The first kappa shape index (κ1) is 25.6. The number of hydrazone groups is 1. The summed E-state index contributed by atoms with van der Waals surface area (Å²) in [5.74, 6) is -0.846. The average Bonchev–Trinajstić information content (AvgIpc) is 3.59. The van der Waals surface area contributed by atoms with Gasteiger partial charge in [-0.25, -0.2) is 10.2 Å². The van der Waals surface area contributed by atoms with Gasteiger partial charge in [0.15, 0.2) is 5.60 Å². The van der Waals surface area contributed by atoms with Gasteiger partial charge >= 0.3 is 17.9 Å². The predicted molar refractivity (Wildman–Crippen MR) is 134 cm³/mol. The summed E-state index contributed by atoms with van der Waals surface area (Å²) in [6.07, 6.45) is 4.76. The number of amides is 3. The number of carbonyl (C=O) groups excluding carboxylic acids is 3. The number of nitrogens with zero attached hydrogens (tertiary/aromatic N) is 1. The first-order valence-electron chi connectivity index (χ1n) is 12.2. The summed E-state index contributed by atoms with van der Waals surface area (Å²) in [5, 5.41) is 20.4. The second-order valence-electron chi connectivity index (χ2n) is 10.5. The highest BCUT2D eigenvalue weighted by Gasteiger charge is 2.47. The van der Waals surface area contributed by atoms with Crippen LogP contribution < -0.4 is 16.1 Å². The van der Waals surface area contributed by atoms with Crippen molar-refractivity contribution >= 4 is 39.5 Å². The van der Waals surface area contributed by atoms with Crippen molar-refractivity contribution in [3.63, 3.8) is 0 Å². The maximum Gasteiger partial charge on any atom is 0.428 e. The minimum absolute atomic E-state index is 0.144. The fourth-order valence-corrected chi connectivity index (χ4v) is 5.32. The maximum atomic E-state index is 12.2. The third-order valence-corrected chi connectivity index (χ3v) is 7.69. The van der Waals surface area contributed by atoms with Crippen LogP contribution in [0, 0.1) is 5.92 Å². The predicted octanol–water partition coefficient (Wildman–Crippen LogP) is 3.22. The van der Waals surface area contributed by atoms with Gasteiger partial charge in [-0.15, -0.1) is 0 Å². The van der Waals surface area contributed by atoms with E-state index >= 15 is 0 Å². The Hall–Kier alpha value is -2.46. The van der Waals surface area contributed by atoms with E-state index in [1.165, 1.54) is 0 Å². The van der Waals surface area contributed by atoms with Crippen molar-refractivity contribution in [2.75, 3.05) is 0 Å². The number of nitrogens with one attached hydrogen (secondary N) is 3. The number of hydrogen-bond acceptors (Lipinski definition) is 6. The molecule has 1 heterocycles. The van der Waals surface area contributed by atoms with E-state index in [2.05, 4.69) is 37.1 Å². The molecule has 0 radical (unpaired) electrons. The second kappa shape index (κ2) is 9.89. The van der Waals surface area contributed by atoms with E-state index in [0.29, 0.717) is 24.5 Å². The molecule has 2 aliphatic carbocycles. The Balaban J connectivity index is 1.43. The van der Waals surface area contributed by atoms with E-state index in [4.69, 9.17) is 4.74 Å². The lowest BCUT2D eigenvalue weighted by Crippen LogP contribution is -2.52. The molecule has 1 aromatic rings. The van der Waals surface area contributed by atoms with Crippen LogP contribution in [0.1, 0.15) is 76.8 Å². The van der Waals surface area contributed by atoms with E-state index in [0.717, 1.165) is 47.7 Å². The van der Waals surface area contributed by atoms with Crippen molar-refractivity contribution in [3.05, 3.63) is 33.8 Å². The lowest BCUT2D eigenvalue weighted by Gasteiger charge is -2.42. The number of hydrogen-bond donors (Lipinski definition) is 4. The first-order valence-corrected chi connectivity index (χ1v) is 13.0. The third kappa shape index (κ3) is 6.03. The summed E-state index contributed by atoms with van der Waals surface area (Å²) < 4.78 is 6.67. The molecular formula is C25H33BrN4O5. The van der Waals surface area contributed by atoms with Gasteiger partial charge in [-0.1, -0.05) is 22.0 Å². The summed E-state index contributed by atoms with van der Waals surface area (Å²) in [5.41, 5.74) is 2.67. The summed E-state index contributed by atoms with van der Waals surface area (Å²) in [6, 6.07) is 5.59. The summed E-state index contributed by atoms with van der Waals surface area (Å²) >= 11 is 3.59. The average molecular weight is 549 g/mol. The van der Waals surface area contributed by atoms with Crippen molar-refractivity contribution in [2.24, 2.45) is 11.0 Å². The van der Waals surface area contributed by atoms with Gasteiger partial charge in [-0.3, -0.25) is 9.59 Å². The van der Waals surface area contributed by atoms with E-state index in [-0.39, 0.29) is 12.1 Å². The van der Waals surface area contributed by atoms with Crippen molar-refractivity contribution in [1.29, 1.82) is 0 Å². The van der Waals surface area contributed by atoms with Gasteiger partial charge in [0, 0.05) is 22.1 Å². The molecule has 10 heteroatoms. The van der Waals surface area contributed by atoms with Gasteiger partial charge in [0.2, 0.25) is 0 Å². The van der Waals surface area contributed by atoms with Crippen LogP contribution in [0.15, 0.2) is 27.8 Å². The Morgan fingerprint density at radius 1 is 1.26 bits per heavy atom. The van der Waals surface area contributed by atoms with E-state index in [1.54, 1.807) is 13.8 Å². The molecule has 2 fully saturated rings. The van der Waals surface area contributed by atoms with Crippen LogP contribution in [0.25, 0.3) is 0 Å². The number of aliphatic hydroxyl groups is 1. The topological polar surface area (TPSA) is 129 Å². The monoisotopic (exact) mass is 548 g/mol. The fraction of sp³-hybridized carbons (Fsp3) is 0.600. The van der Waals surface area contributed by atoms with Crippen molar-refractivity contribution in [1.82, 2.24) is 16.1 Å². The molecule has 0 aromatic heterocycles. The highest BCUT2D eigenvalue weighted by atomic mass is 79.9. The van der Waals surface area contributed by atoms with Gasteiger partial charge < -0.3 is 20.5 Å². The van der Waals surface area contributed by atoms with Crippen LogP contribution in [0.2, 0.25) is 0 Å². The molecule has 0 unspecified atom stereocenters. The van der Waals surface area contributed by atoms with Crippen LogP contribution >= 0.6 is 15.9 Å². The van der Waals surface area contributed by atoms with Crippen LogP contribution in [0.5, 0.6) is 0 Å². The number of benzene rings is 1. The van der Waals surface area contributed by atoms with Crippen LogP contribution in [0.3, 0.4) is 0 Å². The summed E-state index contributed by atoms with van der Waals surface area (Å²) in [7, 11) is 0. The third-order valence-electron chi connectivity index (χ3n) is 7.00. The van der Waals surface area contributed by atoms with Gasteiger partial charge in [-0.2, -0.15) is 5.10 Å². The van der Waals surface area contributed by atoms with Crippen molar-refractivity contribution < 1.29 is 24.2 Å². The molecule has 190 valence electrons. The van der Waals surface area contributed by atoms with Gasteiger partial charge in [0.1, 0.15) is 5.71 Å². The Bertz CT molecular complexity index is 1040. The number of rotatable bonds is 6. The molecular weight excluding hydrogens is 516 g/mol. The molecule has 1 aliphatic heterocycles. The van der Waals surface area contributed by atoms with Crippen molar-refractivity contribution in [2.45, 2.75) is 89.0 Å². The van der Waals surface area contributed by atoms with Gasteiger partial charge in [0.25, 0.3) is 0 Å². The highest BCUT2D eigenvalue weighted by Crippen LogP contribution is 2.42. The SMILES string of the molecule is C[C@@H](CC1CCC2(CC1)OC(=O)NN=C2c1cc(C(C)(C)O)ccc1Br)NC(=O)C(=O)NC1CC1. The van der Waals surface area contributed by atoms with Gasteiger partial charge in [0.05, 0.1) is 5.60 Å². The lowest BCUT2D eigenvalue weighted by molar-refractivity contribution is -0.139. The highest BCUT2D eigenvalue weighted by molar-refractivity contribution is 9.10.